The van der Waals surface area contributed by atoms with Crippen LogP contribution in [-0.4, -0.2) is 19.6 Å². The van der Waals surface area contributed by atoms with Crippen molar-refractivity contribution in [3.05, 3.63) is 167 Å². The Balaban J connectivity index is 0.0000120. The largest absolute Gasteiger partial charge is 0.507 e. The number of hydrogen-bond donors (Lipinski definition) is 1. The summed E-state index contributed by atoms with van der Waals surface area (Å²) in [5, 5.41) is 13.0. The minimum Gasteiger partial charge on any atom is -0.507 e. The molecule has 4 nitrogen and oxygen atoms in total. The summed E-state index contributed by atoms with van der Waals surface area (Å²) in [5.74, 6) is -2.36. The summed E-state index contributed by atoms with van der Waals surface area (Å²) in [6.45, 7) is -26.3. The normalized spacial score (nSPS) is 21.2. The van der Waals surface area contributed by atoms with E-state index < -0.39 is 164 Å². The van der Waals surface area contributed by atoms with E-state index >= 15 is 0 Å². The molecule has 0 unspecified atom stereocenters. The summed E-state index contributed by atoms with van der Waals surface area (Å²) < 4.78 is 270. The average Bonchev–Trinajstić information content (AvgIpc) is 0.783. The number of fused-ring (bicyclic) bond motifs is 1. The van der Waals surface area contributed by atoms with Gasteiger partial charge in [-0.25, -0.2) is 4.98 Å². The van der Waals surface area contributed by atoms with Gasteiger partial charge in [-0.2, -0.15) is 0 Å². The number of phenolic OH excluding ortho intramolecular Hbond substituents is 1. The van der Waals surface area contributed by atoms with Crippen LogP contribution in [0.25, 0.3) is 72.7 Å². The molecule has 2 heterocycles. The number of benzene rings is 6. The summed E-state index contributed by atoms with van der Waals surface area (Å²) >= 11 is 0. The number of aromatic hydroxyl groups is 1. The molecule has 61 heavy (non-hydrogen) atoms. The van der Waals surface area contributed by atoms with E-state index in [1.54, 1.807) is 57.2 Å². The molecule has 0 fully saturated rings. The number of para-hydroxylation sites is 1. The molecular formula is C56H56N3OPt-. The van der Waals surface area contributed by atoms with Gasteiger partial charge in [0.15, 0.2) is 0 Å². The van der Waals surface area contributed by atoms with Crippen molar-refractivity contribution < 1.29 is 68.7 Å². The van der Waals surface area contributed by atoms with Gasteiger partial charge < -0.3 is 5.11 Å². The number of rotatable bonds is 6. The van der Waals surface area contributed by atoms with E-state index in [2.05, 4.69) is 11.1 Å². The van der Waals surface area contributed by atoms with Crippen LogP contribution in [0.5, 0.6) is 5.75 Å². The van der Waals surface area contributed by atoms with Gasteiger partial charge in [0.1, 0.15) is 11.6 Å². The number of imidazole rings is 1. The van der Waals surface area contributed by atoms with Crippen LogP contribution in [0.15, 0.2) is 133 Å². The third-order valence-corrected chi connectivity index (χ3v) is 9.97. The van der Waals surface area contributed by atoms with Crippen molar-refractivity contribution in [3.8, 4) is 67.5 Å². The molecule has 0 radical (unpaired) electrons. The van der Waals surface area contributed by atoms with Crippen LogP contribution in [0.1, 0.15) is 132 Å². The number of aromatic nitrogens is 3. The monoisotopic (exact) mass is 1010 g/mol. The molecule has 0 saturated heterocycles. The van der Waals surface area contributed by atoms with E-state index in [4.69, 9.17) is 46.1 Å². The molecule has 1 N–H and O–H groups in total. The number of hydrogen-bond acceptors (Lipinski definition) is 3. The van der Waals surface area contributed by atoms with Crippen LogP contribution < -0.4 is 0 Å². The maximum Gasteiger partial charge on any atom is 0.148 e. The van der Waals surface area contributed by atoms with Crippen LogP contribution in [0, 0.1) is 19.8 Å². The van der Waals surface area contributed by atoms with Crippen molar-refractivity contribution in [2.45, 2.75) is 91.8 Å². The van der Waals surface area contributed by atoms with Crippen molar-refractivity contribution in [2.24, 2.45) is 0 Å². The summed E-state index contributed by atoms with van der Waals surface area (Å²) in [6, 6.07) is 17.8. The fourth-order valence-corrected chi connectivity index (χ4v) is 6.89. The Labute approximate surface area is 420 Å². The Bertz CT molecular complexity index is 4100. The van der Waals surface area contributed by atoms with E-state index in [0.29, 0.717) is 17.2 Å². The molecular weight excluding hydrogens is 926 g/mol. The molecule has 5 heteroatoms. The Morgan fingerprint density at radius 2 is 1.39 bits per heavy atom. The third kappa shape index (κ3) is 8.66. The molecule has 0 bridgehead atoms. The van der Waals surface area contributed by atoms with Crippen molar-refractivity contribution in [1.82, 2.24) is 14.5 Å². The first-order valence-corrected chi connectivity index (χ1v) is 18.5. The Morgan fingerprint density at radius 3 is 2.10 bits per heavy atom. The SMILES string of the molecule is [2H]c1nc(-c2[c-]c(-c3cccc4c3nc(-c3cc(C(C([2H])([2H])[2H])(C([2H])([2H])[2H])C([2H])([2H])[2H])cc(C(C([2H])([2H])[2H])(C([2H])([2H])[2H])C([2H])([2H])[2H])c3O)n4-c3ccc(-c4ccccc4)c(C([2H])([2H])[2H])c3)cc(C(C)(C)C)c2)c([2H])c(-c2c([2H])c([2H])c(C([2H])([2H])[2H])c([2H])c2[2H])c1[2H].[Pt]. The minimum atomic E-state index is -4.32. The van der Waals surface area contributed by atoms with Crippen molar-refractivity contribution in [2.75, 3.05) is 0 Å². The van der Waals surface area contributed by atoms with Gasteiger partial charge in [0.25, 0.3) is 0 Å². The summed E-state index contributed by atoms with van der Waals surface area (Å²) in [5.41, 5.74) is -16.2. The number of nitrogens with zero attached hydrogens (tertiary/aromatic N) is 3. The van der Waals surface area contributed by atoms with E-state index in [1.165, 1.54) is 36.4 Å². The zero-order chi connectivity index (χ0) is 68.8. The molecule has 0 aliphatic heterocycles. The van der Waals surface area contributed by atoms with E-state index in [9.17, 15) is 6.48 Å². The first-order valence-electron chi connectivity index (χ1n) is 34.0. The van der Waals surface area contributed by atoms with Gasteiger partial charge in [0.05, 0.1) is 26.2 Å². The van der Waals surface area contributed by atoms with Gasteiger partial charge in [-0.15, -0.1) is 29.3 Å². The van der Waals surface area contributed by atoms with Gasteiger partial charge >= 0.3 is 0 Å². The predicted molar refractivity (Wildman–Crippen MR) is 252 cm³/mol. The average molecular weight is 1010 g/mol. The zero-order valence-electron chi connectivity index (χ0n) is 63.8. The molecule has 8 aromatic rings. The molecule has 6 aromatic carbocycles. The third-order valence-electron chi connectivity index (χ3n) is 9.97. The second-order valence-corrected chi connectivity index (χ2v) is 15.4. The number of phenols is 1. The van der Waals surface area contributed by atoms with Crippen LogP contribution >= 0.6 is 0 Å². The van der Waals surface area contributed by atoms with Crippen molar-refractivity contribution in [1.29, 1.82) is 0 Å². The van der Waals surface area contributed by atoms with E-state index in [0.717, 1.165) is 10.6 Å². The zero-order valence-corrected chi connectivity index (χ0v) is 35.0. The van der Waals surface area contributed by atoms with Crippen LogP contribution in [0.4, 0.5) is 0 Å². The molecule has 312 valence electrons. The maximum absolute atomic E-state index is 13.0. The molecule has 0 saturated carbocycles. The molecule has 0 aliphatic rings. The molecule has 8 rings (SSSR count). The molecule has 0 spiro atoms. The summed E-state index contributed by atoms with van der Waals surface area (Å²) in [4.78, 5) is 9.17. The standard InChI is InChI=1S/C56H56N3O.Pt/c1-35-20-22-37(23-21-35)39-26-27-57-49(32-39)41-29-40(30-42(31-41)54(3,4)5)46-18-15-19-50-51(46)58-53(47-33-43(55(6,7)8)34-48(52(47)60)56(9,10)11)59(50)44-24-25-45(36(2)28-44)38-16-13-12-14-17-38;/h12-28,30-34,60H,1-11H3;/q-1;/i1D3,2D3,6D3,7D3,8D3,9D3,10D3,11D3,20D,21D,22D,23D,26D,27D,32D;. The predicted octanol–water partition coefficient (Wildman–Crippen LogP) is 14.8. The van der Waals surface area contributed by atoms with Gasteiger partial charge in [0.2, 0.25) is 0 Å². The maximum atomic E-state index is 13.0. The van der Waals surface area contributed by atoms with Crippen molar-refractivity contribution in [3.63, 3.8) is 0 Å². The van der Waals surface area contributed by atoms with Crippen LogP contribution in [-0.2, 0) is 37.3 Å². The smallest absolute Gasteiger partial charge is 0.148 e. The first kappa shape index (κ1) is 19.2. The molecule has 2 aromatic heterocycles. The van der Waals surface area contributed by atoms with Gasteiger partial charge in [0, 0.05) is 77.1 Å². The number of aryl methyl sites for hydroxylation is 1. The van der Waals surface area contributed by atoms with Crippen LogP contribution in [0.2, 0.25) is 0 Å². The van der Waals surface area contributed by atoms with Gasteiger partial charge in [-0.1, -0.05) is 163 Å². The fraction of sp³-hybridized carbons (Fsp3) is 0.250. The molecule has 0 aliphatic carbocycles. The Kier molecular flexibility index (Phi) is 5.16. The first-order chi connectivity index (χ1) is 41.2. The molecule has 0 atom stereocenters. The molecule has 0 amide bonds. The quantitative estimate of drug-likeness (QED) is 0.169. The summed E-state index contributed by atoms with van der Waals surface area (Å²) in [7, 11) is 0. The minimum absolute atomic E-state index is 0. The number of pyridine rings is 1. The summed E-state index contributed by atoms with van der Waals surface area (Å²) in [6.07, 6.45) is -0.838. The van der Waals surface area contributed by atoms with Crippen LogP contribution in [0.3, 0.4) is 0 Å². The second kappa shape index (κ2) is 16.4. The fourth-order valence-electron chi connectivity index (χ4n) is 6.89. The Morgan fingerprint density at radius 1 is 0.656 bits per heavy atom. The van der Waals surface area contributed by atoms with Crippen molar-refractivity contribution >= 4 is 11.0 Å². The van der Waals surface area contributed by atoms with Gasteiger partial charge in [-0.3, -0.25) is 9.55 Å². The van der Waals surface area contributed by atoms with Gasteiger partial charge in [-0.05, 0) is 93.6 Å². The van der Waals surface area contributed by atoms with E-state index in [1.807, 2.05) is 0 Å². The topological polar surface area (TPSA) is 50.9 Å². The van der Waals surface area contributed by atoms with E-state index in [-0.39, 0.29) is 71.7 Å². The Hall–Kier alpha value is -5.57. The second-order valence-electron chi connectivity index (χ2n) is 15.4.